The molecule has 0 bridgehead atoms. The Morgan fingerprint density at radius 1 is 0.710 bits per heavy atom. The highest BCUT2D eigenvalue weighted by atomic mass is 14.4. The molecule has 1 aliphatic carbocycles. The van der Waals surface area contributed by atoms with Crippen LogP contribution in [0.3, 0.4) is 0 Å². The summed E-state index contributed by atoms with van der Waals surface area (Å²) in [5.74, 6) is 10.3. The molecule has 0 N–H and O–H groups in total. The van der Waals surface area contributed by atoms with Gasteiger partial charge in [-0.15, -0.1) is 25.7 Å². The first-order chi connectivity index (χ1) is 15.1. The van der Waals surface area contributed by atoms with Gasteiger partial charge in [0.1, 0.15) is 0 Å². The van der Waals surface area contributed by atoms with Gasteiger partial charge in [-0.2, -0.15) is 0 Å². The highest BCUT2D eigenvalue weighted by molar-refractivity contribution is 5.84. The summed E-state index contributed by atoms with van der Waals surface area (Å²) >= 11 is 0. The van der Waals surface area contributed by atoms with E-state index in [0.29, 0.717) is 11.1 Å². The van der Waals surface area contributed by atoms with Crippen molar-refractivity contribution in [1.82, 2.24) is 0 Å². The van der Waals surface area contributed by atoms with Gasteiger partial charge in [0.15, 0.2) is 0 Å². The van der Waals surface area contributed by atoms with Gasteiger partial charge in [0.25, 0.3) is 0 Å². The molecule has 0 amide bonds. The van der Waals surface area contributed by atoms with Crippen LogP contribution >= 0.6 is 0 Å². The number of hydrogen-bond acceptors (Lipinski definition) is 0. The lowest BCUT2D eigenvalue weighted by Gasteiger charge is -2.32. The highest BCUT2D eigenvalue weighted by Crippen LogP contribution is 2.54. The van der Waals surface area contributed by atoms with Crippen LogP contribution in [0.25, 0.3) is 23.3 Å². The summed E-state index contributed by atoms with van der Waals surface area (Å²) in [6.45, 7) is 4.48. The van der Waals surface area contributed by atoms with Crippen molar-refractivity contribution < 1.29 is 0 Å². The van der Waals surface area contributed by atoms with Crippen LogP contribution in [0.1, 0.15) is 61.8 Å². The maximum atomic E-state index is 5.55. The number of rotatable bonds is 6. The van der Waals surface area contributed by atoms with Crippen molar-refractivity contribution in [2.45, 2.75) is 44.9 Å². The quantitative estimate of drug-likeness (QED) is 0.467. The fourth-order valence-corrected chi connectivity index (χ4v) is 4.81. The van der Waals surface area contributed by atoms with Gasteiger partial charge in [0, 0.05) is 5.41 Å². The van der Waals surface area contributed by atoms with Crippen molar-refractivity contribution >= 4 is 12.2 Å². The molecule has 0 saturated carbocycles. The van der Waals surface area contributed by atoms with Crippen LogP contribution in [0.4, 0.5) is 0 Å². The Kier molecular flexibility index (Phi) is 6.57. The molecule has 0 heterocycles. The predicted octanol–water partition coefficient (Wildman–Crippen LogP) is 6.85. The molecule has 0 saturated heterocycles. The molecule has 0 aliphatic heterocycles. The van der Waals surface area contributed by atoms with E-state index in [0.717, 1.165) is 36.8 Å². The van der Waals surface area contributed by atoms with E-state index in [9.17, 15) is 0 Å². The molecule has 0 spiro atoms. The summed E-state index contributed by atoms with van der Waals surface area (Å²) < 4.78 is 0. The fourth-order valence-electron chi connectivity index (χ4n) is 4.81. The molecule has 31 heavy (non-hydrogen) atoms. The lowest BCUT2D eigenvalue weighted by atomic mass is 9.71. The summed E-state index contributed by atoms with van der Waals surface area (Å²) in [7, 11) is 0. The summed E-state index contributed by atoms with van der Waals surface area (Å²) in [6.07, 6.45) is 30.3. The van der Waals surface area contributed by atoms with Crippen molar-refractivity contribution in [3.8, 4) is 60.5 Å². The highest BCUT2D eigenvalue weighted by Gasteiger charge is 2.41. The van der Waals surface area contributed by atoms with Gasteiger partial charge < -0.3 is 0 Å². The van der Waals surface area contributed by atoms with E-state index < -0.39 is 0 Å². The zero-order valence-corrected chi connectivity index (χ0v) is 18.3. The van der Waals surface area contributed by atoms with E-state index in [-0.39, 0.29) is 5.41 Å². The minimum Gasteiger partial charge on any atom is -0.114 e. The molecule has 2 aromatic carbocycles. The topological polar surface area (TPSA) is 0 Å². The van der Waals surface area contributed by atoms with Crippen LogP contribution in [0.5, 0.6) is 0 Å². The van der Waals surface area contributed by atoms with E-state index in [1.165, 1.54) is 22.3 Å². The Morgan fingerprint density at radius 2 is 1.10 bits per heavy atom. The first-order valence-corrected chi connectivity index (χ1v) is 10.7. The molecule has 0 unspecified atom stereocenters. The third kappa shape index (κ3) is 3.95. The van der Waals surface area contributed by atoms with Crippen LogP contribution in [0, 0.1) is 49.4 Å². The minimum atomic E-state index is -0.0548. The molecular weight excluding hydrogens is 372 g/mol. The average molecular weight is 399 g/mol. The first kappa shape index (κ1) is 21.9. The Labute approximate surface area is 187 Å². The van der Waals surface area contributed by atoms with E-state index >= 15 is 0 Å². The molecule has 3 rings (SSSR count). The van der Waals surface area contributed by atoms with Gasteiger partial charge in [-0.1, -0.05) is 86.8 Å². The molecule has 0 atom stereocenters. The van der Waals surface area contributed by atoms with Crippen LogP contribution in [0.2, 0.25) is 0 Å². The molecule has 0 aromatic heterocycles. The maximum Gasteiger partial charge on any atom is 0.0744 e. The second-order valence-corrected chi connectivity index (χ2v) is 7.89. The Morgan fingerprint density at radius 3 is 1.42 bits per heavy atom. The standard InChI is InChI=1S/C31H26/c1-7-17-31(18-8-2)29-21-25(19-23(9-3)10-4)13-15-27(29)28-16-14-26(22-30(28)31)20-24(11-5)12-6/h3-6,13-16,19-22H,7-8,17-18H2,1-2H3. The van der Waals surface area contributed by atoms with Crippen LogP contribution in [0.15, 0.2) is 47.5 Å². The third-order valence-corrected chi connectivity index (χ3v) is 6.01. The molecular formula is C31H26. The average Bonchev–Trinajstić information content (AvgIpc) is 3.05. The van der Waals surface area contributed by atoms with Gasteiger partial charge in [-0.3, -0.25) is 0 Å². The summed E-state index contributed by atoms with van der Waals surface area (Å²) in [6, 6.07) is 13.1. The smallest absolute Gasteiger partial charge is 0.0744 e. The lowest BCUT2D eigenvalue weighted by Crippen LogP contribution is -2.25. The van der Waals surface area contributed by atoms with Crippen LogP contribution in [-0.2, 0) is 5.41 Å². The van der Waals surface area contributed by atoms with E-state index in [2.05, 4.69) is 73.9 Å². The van der Waals surface area contributed by atoms with E-state index in [4.69, 9.17) is 25.7 Å². The first-order valence-electron chi connectivity index (χ1n) is 10.7. The van der Waals surface area contributed by atoms with Gasteiger partial charge in [-0.25, -0.2) is 0 Å². The molecule has 0 heteroatoms. The van der Waals surface area contributed by atoms with Crippen LogP contribution < -0.4 is 0 Å². The Hall–Kier alpha value is -3.84. The van der Waals surface area contributed by atoms with E-state index in [1.54, 1.807) is 0 Å². The van der Waals surface area contributed by atoms with Crippen molar-refractivity contribution in [2.24, 2.45) is 0 Å². The van der Waals surface area contributed by atoms with Crippen molar-refractivity contribution in [2.75, 3.05) is 0 Å². The minimum absolute atomic E-state index is 0.0548. The second kappa shape index (κ2) is 9.32. The number of terminal acetylenes is 4. The molecule has 0 nitrogen and oxygen atoms in total. The SMILES string of the molecule is C#CC(C#C)=Cc1ccc2c(c1)C(CCC)(CCC)c1cc(C=C(C#C)C#C)ccc1-2. The largest absolute Gasteiger partial charge is 0.114 e. The Balaban J connectivity index is 2.27. The van der Waals surface area contributed by atoms with Crippen molar-refractivity contribution in [3.63, 3.8) is 0 Å². The number of hydrogen-bond donors (Lipinski definition) is 0. The number of benzene rings is 2. The van der Waals surface area contributed by atoms with Gasteiger partial charge >= 0.3 is 0 Å². The molecule has 0 radical (unpaired) electrons. The molecule has 0 fully saturated rings. The summed E-state index contributed by atoms with van der Waals surface area (Å²) in [5.41, 5.74) is 8.38. The monoisotopic (exact) mass is 398 g/mol. The van der Waals surface area contributed by atoms with Gasteiger partial charge in [-0.05, 0) is 58.4 Å². The zero-order valence-electron chi connectivity index (χ0n) is 18.3. The second-order valence-electron chi connectivity index (χ2n) is 7.89. The van der Waals surface area contributed by atoms with E-state index in [1.807, 2.05) is 12.2 Å². The molecule has 2 aromatic rings. The molecule has 150 valence electrons. The Bertz CT molecular complexity index is 1100. The summed E-state index contributed by atoms with van der Waals surface area (Å²) in [4.78, 5) is 0. The van der Waals surface area contributed by atoms with Gasteiger partial charge in [0.2, 0.25) is 0 Å². The maximum absolute atomic E-state index is 5.55. The van der Waals surface area contributed by atoms with Crippen molar-refractivity contribution in [3.05, 3.63) is 69.8 Å². The number of fused-ring (bicyclic) bond motifs is 3. The van der Waals surface area contributed by atoms with Crippen LogP contribution in [-0.4, -0.2) is 0 Å². The van der Waals surface area contributed by atoms with Crippen molar-refractivity contribution in [1.29, 1.82) is 0 Å². The third-order valence-electron chi connectivity index (χ3n) is 6.01. The molecule has 1 aliphatic rings. The fraction of sp³-hybridized carbons (Fsp3) is 0.226. The normalized spacial score (nSPS) is 12.2. The zero-order chi connectivity index (χ0) is 22.4. The lowest BCUT2D eigenvalue weighted by molar-refractivity contribution is 0.435. The predicted molar refractivity (Wildman–Crippen MR) is 134 cm³/mol. The van der Waals surface area contributed by atoms with Gasteiger partial charge in [0.05, 0.1) is 11.1 Å². The summed E-state index contributed by atoms with van der Waals surface area (Å²) in [5, 5.41) is 0. The number of allylic oxidation sites excluding steroid dienone is 2.